The van der Waals surface area contributed by atoms with Crippen LogP contribution in [0.5, 0.6) is 17.2 Å². The van der Waals surface area contributed by atoms with E-state index in [0.29, 0.717) is 35.1 Å². The number of fused-ring (bicyclic) bond motifs is 3. The van der Waals surface area contributed by atoms with Crippen LogP contribution in [-0.4, -0.2) is 34.0 Å². The third-order valence-electron chi connectivity index (χ3n) is 11.1. The van der Waals surface area contributed by atoms with Crippen molar-refractivity contribution in [1.82, 2.24) is 0 Å². The Balaban J connectivity index is 1.98. The van der Waals surface area contributed by atoms with Crippen LogP contribution in [0.1, 0.15) is 150 Å². The van der Waals surface area contributed by atoms with Crippen LogP contribution in [0.3, 0.4) is 0 Å². The average molecular weight is 675 g/mol. The number of allylic oxidation sites excluding steroid dienone is 4. The molecular formula is C41H54O8. The molecule has 0 saturated heterocycles. The molecule has 8 heteroatoms. The van der Waals surface area contributed by atoms with Gasteiger partial charge in [-0.05, 0) is 86.0 Å². The SMILES string of the molecule is CC(C)CC(=O)c1c(O)c2c(c3c1OC1=C(C(=O)C(C)(C)C(=O)C1(C)C)C3CC(C)C)OC1=C(C(=O)C(C)(C)C(=O)C1(C)C)C2CC(C)C. The number of hydrogen-bond acceptors (Lipinski definition) is 8. The van der Waals surface area contributed by atoms with Gasteiger partial charge < -0.3 is 14.6 Å². The molecule has 1 aromatic rings. The fraction of sp³-hybridized carbons (Fsp3) is 0.634. The molecule has 1 N–H and O–H groups in total. The highest BCUT2D eigenvalue weighted by Crippen LogP contribution is 2.64. The van der Waals surface area contributed by atoms with E-state index in [1.165, 1.54) is 0 Å². The molecule has 0 radical (unpaired) electrons. The summed E-state index contributed by atoms with van der Waals surface area (Å²) >= 11 is 0. The number of rotatable bonds is 7. The van der Waals surface area contributed by atoms with Gasteiger partial charge in [0.15, 0.2) is 28.9 Å². The average Bonchev–Trinajstić information content (AvgIpc) is 2.96. The minimum Gasteiger partial charge on any atom is -0.507 e. The molecular weight excluding hydrogens is 620 g/mol. The van der Waals surface area contributed by atoms with E-state index in [2.05, 4.69) is 0 Å². The summed E-state index contributed by atoms with van der Waals surface area (Å²) in [6.07, 6.45) is 0.992. The zero-order chi connectivity index (χ0) is 37.1. The maximum atomic E-state index is 14.5. The fourth-order valence-corrected chi connectivity index (χ4v) is 8.75. The number of aromatic hydroxyl groups is 1. The zero-order valence-corrected chi connectivity index (χ0v) is 31.8. The van der Waals surface area contributed by atoms with Crippen molar-refractivity contribution >= 4 is 28.9 Å². The van der Waals surface area contributed by atoms with Crippen LogP contribution in [0.15, 0.2) is 22.7 Å². The molecule has 0 saturated carbocycles. The van der Waals surface area contributed by atoms with E-state index in [9.17, 15) is 29.1 Å². The first-order valence-electron chi connectivity index (χ1n) is 17.8. The lowest BCUT2D eigenvalue weighted by atomic mass is 9.58. The molecule has 2 aliphatic carbocycles. The van der Waals surface area contributed by atoms with Crippen molar-refractivity contribution < 1.29 is 38.6 Å². The summed E-state index contributed by atoms with van der Waals surface area (Å²) in [5.41, 5.74) is -3.64. The molecule has 1 aromatic carbocycles. The maximum Gasteiger partial charge on any atom is 0.175 e. The number of carbonyl (C=O) groups excluding carboxylic acids is 5. The van der Waals surface area contributed by atoms with E-state index in [4.69, 9.17) is 9.47 Å². The number of Topliss-reactive ketones (excluding diaryl/α,β-unsaturated/α-hetero) is 5. The highest BCUT2D eigenvalue weighted by atomic mass is 16.5. The van der Waals surface area contributed by atoms with Gasteiger partial charge >= 0.3 is 0 Å². The number of hydrogen-bond donors (Lipinski definition) is 1. The molecule has 0 amide bonds. The van der Waals surface area contributed by atoms with Crippen LogP contribution in [0.4, 0.5) is 0 Å². The Morgan fingerprint density at radius 2 is 1.00 bits per heavy atom. The summed E-state index contributed by atoms with van der Waals surface area (Å²) in [5, 5.41) is 12.4. The lowest BCUT2D eigenvalue weighted by Gasteiger charge is -2.48. The normalized spacial score (nSPS) is 24.8. The van der Waals surface area contributed by atoms with Crippen molar-refractivity contribution in [3.05, 3.63) is 39.4 Å². The molecule has 2 aliphatic heterocycles. The van der Waals surface area contributed by atoms with Gasteiger partial charge in [0.1, 0.15) is 34.3 Å². The smallest absolute Gasteiger partial charge is 0.175 e. The maximum absolute atomic E-state index is 14.5. The van der Waals surface area contributed by atoms with Crippen molar-refractivity contribution in [3.63, 3.8) is 0 Å². The first kappa shape index (κ1) is 36.7. The monoisotopic (exact) mass is 674 g/mol. The Hall–Kier alpha value is -3.55. The molecule has 0 spiro atoms. The van der Waals surface area contributed by atoms with Crippen molar-refractivity contribution in [3.8, 4) is 17.2 Å². The molecule has 4 aliphatic rings. The van der Waals surface area contributed by atoms with Crippen molar-refractivity contribution in [2.24, 2.45) is 39.4 Å². The van der Waals surface area contributed by atoms with Crippen LogP contribution in [0, 0.1) is 39.4 Å². The molecule has 5 rings (SSSR count). The summed E-state index contributed by atoms with van der Waals surface area (Å²) in [4.78, 5) is 70.9. The second kappa shape index (κ2) is 11.5. The Bertz CT molecular complexity index is 1770. The molecule has 0 aromatic heterocycles. The van der Waals surface area contributed by atoms with E-state index >= 15 is 0 Å². The molecule has 49 heavy (non-hydrogen) atoms. The zero-order valence-electron chi connectivity index (χ0n) is 31.8. The van der Waals surface area contributed by atoms with Gasteiger partial charge in [0, 0.05) is 40.5 Å². The predicted molar refractivity (Wildman–Crippen MR) is 187 cm³/mol. The first-order valence-corrected chi connectivity index (χ1v) is 17.8. The second-order valence-electron chi connectivity index (χ2n) is 18.1. The Kier molecular flexibility index (Phi) is 8.61. The van der Waals surface area contributed by atoms with Crippen LogP contribution in [0.2, 0.25) is 0 Å². The number of ketones is 5. The van der Waals surface area contributed by atoms with Gasteiger partial charge in [-0.15, -0.1) is 0 Å². The summed E-state index contributed by atoms with van der Waals surface area (Å²) in [6.45, 7) is 25.5. The number of phenols is 1. The topological polar surface area (TPSA) is 124 Å². The van der Waals surface area contributed by atoms with E-state index in [0.717, 1.165) is 0 Å². The second-order valence-corrected chi connectivity index (χ2v) is 18.1. The summed E-state index contributed by atoms with van der Waals surface area (Å²) in [6, 6.07) is 0. The van der Waals surface area contributed by atoms with Crippen LogP contribution in [0.25, 0.3) is 0 Å². The van der Waals surface area contributed by atoms with Crippen LogP contribution in [-0.2, 0) is 19.2 Å². The van der Waals surface area contributed by atoms with E-state index in [1.807, 2.05) is 41.5 Å². The van der Waals surface area contributed by atoms with E-state index in [-0.39, 0.29) is 87.4 Å². The van der Waals surface area contributed by atoms with Crippen molar-refractivity contribution in [2.75, 3.05) is 0 Å². The molecule has 0 bridgehead atoms. The van der Waals surface area contributed by atoms with Gasteiger partial charge in [0.25, 0.3) is 0 Å². The van der Waals surface area contributed by atoms with Gasteiger partial charge in [-0.3, -0.25) is 24.0 Å². The third kappa shape index (κ3) is 5.17. The highest BCUT2D eigenvalue weighted by molar-refractivity contribution is 6.21. The standard InChI is InChI=1S/C41H54O8/c1-18(2)15-21-24-29(43)28(23(42)17-20(5)6)31-25(30(24)48-34-26(21)32(44)38(7,8)36(46)40(34,11)12)22(16-19(3)4)27-33(45)39(9,10)37(47)41(13,14)35(27)49-31/h18-22,43H,15-17H2,1-14H3. The minimum absolute atomic E-state index is 0.0254. The summed E-state index contributed by atoms with van der Waals surface area (Å²) in [7, 11) is 0. The van der Waals surface area contributed by atoms with Gasteiger partial charge in [-0.25, -0.2) is 0 Å². The van der Waals surface area contributed by atoms with Gasteiger partial charge in [0.05, 0.1) is 21.7 Å². The molecule has 2 unspecified atom stereocenters. The molecule has 2 heterocycles. The quantitative estimate of drug-likeness (QED) is 0.225. The van der Waals surface area contributed by atoms with Gasteiger partial charge in [-0.1, -0.05) is 41.5 Å². The number of phenolic OH excluding ortho intramolecular Hbond substituents is 1. The fourth-order valence-electron chi connectivity index (χ4n) is 8.75. The Labute approximate surface area is 291 Å². The van der Waals surface area contributed by atoms with E-state index in [1.54, 1.807) is 55.4 Å². The van der Waals surface area contributed by atoms with Gasteiger partial charge in [0.2, 0.25) is 0 Å². The van der Waals surface area contributed by atoms with Crippen LogP contribution < -0.4 is 9.47 Å². The third-order valence-corrected chi connectivity index (χ3v) is 11.1. The number of ether oxygens (including phenoxy) is 2. The van der Waals surface area contributed by atoms with Crippen LogP contribution >= 0.6 is 0 Å². The predicted octanol–water partition coefficient (Wildman–Crippen LogP) is 8.58. The van der Waals surface area contributed by atoms with Gasteiger partial charge in [-0.2, -0.15) is 0 Å². The molecule has 266 valence electrons. The van der Waals surface area contributed by atoms with E-state index < -0.39 is 33.5 Å². The number of carbonyl (C=O) groups is 5. The van der Waals surface area contributed by atoms with Crippen molar-refractivity contribution in [1.29, 1.82) is 0 Å². The molecule has 8 nitrogen and oxygen atoms in total. The molecule has 2 atom stereocenters. The lowest BCUT2D eigenvalue weighted by molar-refractivity contribution is -0.146. The minimum atomic E-state index is -1.34. The number of benzene rings is 1. The Morgan fingerprint density at radius 1 is 0.612 bits per heavy atom. The highest BCUT2D eigenvalue weighted by Gasteiger charge is 2.61. The first-order chi connectivity index (χ1) is 22.3. The summed E-state index contributed by atoms with van der Waals surface area (Å²) < 4.78 is 13.5. The lowest BCUT2D eigenvalue weighted by Crippen LogP contribution is -2.52. The summed E-state index contributed by atoms with van der Waals surface area (Å²) in [5.74, 6) is -2.51. The van der Waals surface area contributed by atoms with Crippen molar-refractivity contribution in [2.45, 2.75) is 128 Å². The Morgan fingerprint density at radius 3 is 1.39 bits per heavy atom. The largest absolute Gasteiger partial charge is 0.507 e. The molecule has 0 fully saturated rings.